The maximum atomic E-state index is 11.5. The van der Waals surface area contributed by atoms with Gasteiger partial charge in [0.25, 0.3) is 10.1 Å². The van der Waals surface area contributed by atoms with E-state index in [2.05, 4.69) is 0 Å². The smallest absolute Gasteiger partial charge is 0.296 e. The summed E-state index contributed by atoms with van der Waals surface area (Å²) in [5.41, 5.74) is 1.48. The average molecular weight is 303 g/mol. The minimum atomic E-state index is -4.27. The van der Waals surface area contributed by atoms with Crippen molar-refractivity contribution in [3.05, 3.63) is 54.7 Å². The van der Waals surface area contributed by atoms with Crippen LogP contribution in [0.15, 0.2) is 59.6 Å². The molecule has 0 saturated carbocycles. The van der Waals surface area contributed by atoms with E-state index in [0.717, 1.165) is 5.69 Å². The van der Waals surface area contributed by atoms with Crippen molar-refractivity contribution in [3.8, 4) is 11.4 Å². The Labute approximate surface area is 122 Å². The second-order valence-corrected chi connectivity index (χ2v) is 5.94. The van der Waals surface area contributed by atoms with Crippen LogP contribution in [0.1, 0.15) is 0 Å². The van der Waals surface area contributed by atoms with E-state index < -0.39 is 10.1 Å². The van der Waals surface area contributed by atoms with Crippen LogP contribution in [-0.4, -0.2) is 24.6 Å². The third kappa shape index (κ3) is 2.39. The minimum absolute atomic E-state index is 0.103. The molecule has 0 radical (unpaired) electrons. The van der Waals surface area contributed by atoms with Gasteiger partial charge in [0.15, 0.2) is 0 Å². The number of methoxy groups -OCH3 is 1. The molecule has 0 fully saturated rings. The maximum absolute atomic E-state index is 11.5. The lowest BCUT2D eigenvalue weighted by atomic mass is 10.2. The number of benzene rings is 2. The number of para-hydroxylation sites is 1. The topological polar surface area (TPSA) is 68.5 Å². The van der Waals surface area contributed by atoms with Crippen LogP contribution >= 0.6 is 0 Å². The van der Waals surface area contributed by atoms with E-state index in [4.69, 9.17) is 4.74 Å². The fraction of sp³-hybridized carbons (Fsp3) is 0.0667. The molecule has 108 valence electrons. The van der Waals surface area contributed by atoms with Gasteiger partial charge >= 0.3 is 0 Å². The molecule has 0 bridgehead atoms. The molecule has 21 heavy (non-hydrogen) atoms. The summed E-state index contributed by atoms with van der Waals surface area (Å²) in [7, 11) is -2.70. The number of ether oxygens (including phenoxy) is 1. The molecule has 3 rings (SSSR count). The van der Waals surface area contributed by atoms with Gasteiger partial charge in [0.2, 0.25) is 0 Å². The molecule has 0 unspecified atom stereocenters. The Balaban J connectivity index is 2.27. The van der Waals surface area contributed by atoms with Crippen molar-refractivity contribution in [1.29, 1.82) is 0 Å². The zero-order valence-electron chi connectivity index (χ0n) is 11.2. The first kappa shape index (κ1) is 13.7. The molecule has 0 saturated heterocycles. The van der Waals surface area contributed by atoms with Crippen molar-refractivity contribution in [2.24, 2.45) is 0 Å². The highest BCUT2D eigenvalue weighted by atomic mass is 32.2. The molecular formula is C15H13NO4S. The van der Waals surface area contributed by atoms with E-state index in [1.54, 1.807) is 42.0 Å². The van der Waals surface area contributed by atoms with Crippen LogP contribution in [-0.2, 0) is 10.1 Å². The largest absolute Gasteiger partial charge is 0.497 e. The molecule has 0 aliphatic carbocycles. The maximum Gasteiger partial charge on any atom is 0.296 e. The molecule has 0 spiro atoms. The van der Waals surface area contributed by atoms with E-state index in [1.807, 2.05) is 18.2 Å². The van der Waals surface area contributed by atoms with Gasteiger partial charge in [-0.3, -0.25) is 4.55 Å². The van der Waals surface area contributed by atoms with Gasteiger partial charge in [-0.05, 0) is 30.3 Å². The van der Waals surface area contributed by atoms with Gasteiger partial charge in [-0.1, -0.05) is 18.2 Å². The van der Waals surface area contributed by atoms with Crippen molar-refractivity contribution in [3.63, 3.8) is 0 Å². The minimum Gasteiger partial charge on any atom is -0.497 e. The first-order valence-corrected chi connectivity index (χ1v) is 7.67. The second kappa shape index (κ2) is 4.91. The molecule has 0 amide bonds. The highest BCUT2D eigenvalue weighted by Gasteiger charge is 2.18. The first-order valence-electron chi connectivity index (χ1n) is 6.23. The third-order valence-corrected chi connectivity index (χ3v) is 4.19. The molecule has 3 aromatic rings. The lowest BCUT2D eigenvalue weighted by molar-refractivity contribution is 0.415. The molecule has 6 heteroatoms. The molecule has 0 aliphatic rings. The summed E-state index contributed by atoms with van der Waals surface area (Å²) >= 11 is 0. The zero-order chi connectivity index (χ0) is 15.0. The molecule has 0 aliphatic heterocycles. The van der Waals surface area contributed by atoms with Gasteiger partial charge in [0.05, 0.1) is 12.6 Å². The van der Waals surface area contributed by atoms with Gasteiger partial charge in [0.1, 0.15) is 10.6 Å². The zero-order valence-corrected chi connectivity index (χ0v) is 12.0. The molecule has 1 N–H and O–H groups in total. The first-order chi connectivity index (χ1) is 10.0. The summed E-state index contributed by atoms with van der Waals surface area (Å²) in [5, 5.41) is 0.482. The number of hydrogen-bond donors (Lipinski definition) is 1. The Morgan fingerprint density at radius 2 is 1.71 bits per heavy atom. The summed E-state index contributed by atoms with van der Waals surface area (Å²) in [5.74, 6) is 0.713. The lowest BCUT2D eigenvalue weighted by Crippen LogP contribution is -1.97. The van der Waals surface area contributed by atoms with Crippen LogP contribution in [0.4, 0.5) is 0 Å². The van der Waals surface area contributed by atoms with Crippen molar-refractivity contribution in [2.75, 3.05) is 7.11 Å². The standard InChI is InChI=1S/C15H13NO4S/c1-20-12-8-6-11(7-9-12)16-10-15(21(17,18)19)13-4-2-3-5-14(13)16/h2-10H,1H3,(H,17,18,19). The summed E-state index contributed by atoms with van der Waals surface area (Å²) in [6, 6.07) is 14.2. The number of fused-ring (bicyclic) bond motifs is 1. The molecule has 1 heterocycles. The average Bonchev–Trinajstić information content (AvgIpc) is 2.87. The highest BCUT2D eigenvalue weighted by Crippen LogP contribution is 2.28. The number of rotatable bonds is 3. The monoisotopic (exact) mass is 303 g/mol. The van der Waals surface area contributed by atoms with Crippen LogP contribution in [0.3, 0.4) is 0 Å². The van der Waals surface area contributed by atoms with Crippen LogP contribution in [0.25, 0.3) is 16.6 Å². The van der Waals surface area contributed by atoms with E-state index in [1.165, 1.54) is 6.20 Å². The summed E-state index contributed by atoms with van der Waals surface area (Å²) in [6.45, 7) is 0. The van der Waals surface area contributed by atoms with E-state index in [-0.39, 0.29) is 4.90 Å². The van der Waals surface area contributed by atoms with E-state index in [0.29, 0.717) is 16.7 Å². The van der Waals surface area contributed by atoms with Crippen molar-refractivity contribution in [2.45, 2.75) is 4.90 Å². The fourth-order valence-corrected chi connectivity index (χ4v) is 3.00. The lowest BCUT2D eigenvalue weighted by Gasteiger charge is -2.06. The summed E-state index contributed by atoms with van der Waals surface area (Å²) < 4.78 is 39.2. The van der Waals surface area contributed by atoms with Gasteiger partial charge in [-0.15, -0.1) is 0 Å². The normalized spacial score (nSPS) is 11.7. The molecular weight excluding hydrogens is 290 g/mol. The van der Waals surface area contributed by atoms with Crippen LogP contribution in [0.5, 0.6) is 5.75 Å². The predicted octanol–water partition coefficient (Wildman–Crippen LogP) is 2.89. The highest BCUT2D eigenvalue weighted by molar-refractivity contribution is 7.86. The predicted molar refractivity (Wildman–Crippen MR) is 79.6 cm³/mol. The Morgan fingerprint density at radius 3 is 2.33 bits per heavy atom. The Morgan fingerprint density at radius 1 is 1.05 bits per heavy atom. The number of nitrogens with zero attached hydrogens (tertiary/aromatic N) is 1. The molecule has 2 aromatic carbocycles. The number of hydrogen-bond acceptors (Lipinski definition) is 3. The fourth-order valence-electron chi connectivity index (χ4n) is 2.31. The Hall–Kier alpha value is -2.31. The molecule has 1 aromatic heterocycles. The Bertz CT molecular complexity index is 895. The SMILES string of the molecule is COc1ccc(-n2cc(S(=O)(=O)O)c3ccccc32)cc1. The van der Waals surface area contributed by atoms with Gasteiger partial charge in [-0.2, -0.15) is 8.42 Å². The van der Waals surface area contributed by atoms with Crippen LogP contribution in [0, 0.1) is 0 Å². The van der Waals surface area contributed by atoms with Crippen LogP contribution < -0.4 is 4.74 Å². The van der Waals surface area contributed by atoms with Crippen molar-refractivity contribution in [1.82, 2.24) is 4.57 Å². The molecule has 0 atom stereocenters. The summed E-state index contributed by atoms with van der Waals surface area (Å²) in [4.78, 5) is -0.103. The van der Waals surface area contributed by atoms with Gasteiger partial charge in [0, 0.05) is 17.3 Å². The third-order valence-electron chi connectivity index (χ3n) is 3.30. The van der Waals surface area contributed by atoms with Gasteiger partial charge in [-0.25, -0.2) is 0 Å². The van der Waals surface area contributed by atoms with E-state index in [9.17, 15) is 13.0 Å². The van der Waals surface area contributed by atoms with Crippen LogP contribution in [0.2, 0.25) is 0 Å². The summed E-state index contributed by atoms with van der Waals surface area (Å²) in [6.07, 6.45) is 1.42. The number of aromatic nitrogens is 1. The van der Waals surface area contributed by atoms with Gasteiger partial charge < -0.3 is 9.30 Å². The van der Waals surface area contributed by atoms with Crippen molar-refractivity contribution >= 4 is 21.0 Å². The second-order valence-electron chi connectivity index (χ2n) is 4.55. The van der Waals surface area contributed by atoms with Crippen molar-refractivity contribution < 1.29 is 17.7 Å². The Kier molecular flexibility index (Phi) is 3.19. The molecule has 5 nitrogen and oxygen atoms in total. The quantitative estimate of drug-likeness (QED) is 0.755. The van der Waals surface area contributed by atoms with E-state index >= 15 is 0 Å².